The average molecular weight is 276 g/mol. The van der Waals surface area contributed by atoms with Crippen LogP contribution in [0.4, 0.5) is 0 Å². The highest BCUT2D eigenvalue weighted by molar-refractivity contribution is 5.83. The summed E-state index contributed by atoms with van der Waals surface area (Å²) in [5, 5.41) is 14.0. The quantitative estimate of drug-likeness (QED) is 0.932. The van der Waals surface area contributed by atoms with Crippen molar-refractivity contribution in [1.29, 1.82) is 0 Å². The summed E-state index contributed by atoms with van der Waals surface area (Å²) in [4.78, 5) is 15.3. The molecule has 2 aromatic rings. The molecule has 0 saturated carbocycles. The number of aliphatic carboxylic acids is 1. The molecule has 0 bridgehead atoms. The largest absolute Gasteiger partial charge is 0.481 e. The third kappa shape index (κ3) is 2.81. The Morgan fingerprint density at radius 2 is 1.95 bits per heavy atom. The summed E-state index contributed by atoms with van der Waals surface area (Å²) in [6, 6.07) is 0. The minimum Gasteiger partial charge on any atom is -0.481 e. The van der Waals surface area contributed by atoms with Gasteiger partial charge in [-0.3, -0.25) is 4.79 Å². The zero-order valence-electron chi connectivity index (χ0n) is 12.6. The number of aromatic nitrogens is 2. The highest BCUT2D eigenvalue weighted by Crippen LogP contribution is 2.30. The van der Waals surface area contributed by atoms with Gasteiger partial charge in [0, 0.05) is 5.69 Å². The molecule has 0 aromatic carbocycles. The summed E-state index contributed by atoms with van der Waals surface area (Å²) in [5.74, 6) is -0.855. The molecule has 2 aromatic heterocycles. The SMILES string of the molecule is Cc1nc2onc(CC(C)(C)C)c2c(C)c1CC(=O)O. The normalized spacial score (nSPS) is 12.1. The number of pyridine rings is 1. The van der Waals surface area contributed by atoms with Crippen molar-refractivity contribution in [2.75, 3.05) is 0 Å². The summed E-state index contributed by atoms with van der Waals surface area (Å²) in [7, 11) is 0. The molecule has 2 heterocycles. The lowest BCUT2D eigenvalue weighted by atomic mass is 9.88. The third-order valence-corrected chi connectivity index (χ3v) is 3.30. The Labute approximate surface area is 118 Å². The Morgan fingerprint density at radius 1 is 1.30 bits per heavy atom. The first-order valence-corrected chi connectivity index (χ1v) is 6.65. The van der Waals surface area contributed by atoms with E-state index in [2.05, 4.69) is 30.9 Å². The van der Waals surface area contributed by atoms with Crippen molar-refractivity contribution >= 4 is 17.1 Å². The molecule has 0 fully saturated rings. The standard InChI is InChI=1S/C15H20N2O3/c1-8-10(6-12(18)19)9(2)16-14-13(8)11(17-20-14)7-15(3,4)5/h6-7H2,1-5H3,(H,18,19). The summed E-state index contributed by atoms with van der Waals surface area (Å²) in [5.41, 5.74) is 3.78. The Bertz CT molecular complexity index is 666. The number of rotatable bonds is 3. The van der Waals surface area contributed by atoms with Crippen molar-refractivity contribution in [3.63, 3.8) is 0 Å². The van der Waals surface area contributed by atoms with Crippen LogP contribution in [0.3, 0.4) is 0 Å². The molecular weight excluding hydrogens is 256 g/mol. The molecule has 20 heavy (non-hydrogen) atoms. The summed E-state index contributed by atoms with van der Waals surface area (Å²) in [6.45, 7) is 10.1. The number of carboxylic acids is 1. The van der Waals surface area contributed by atoms with E-state index in [1.165, 1.54) is 0 Å². The van der Waals surface area contributed by atoms with Crippen molar-refractivity contribution in [2.45, 2.75) is 47.5 Å². The number of aryl methyl sites for hydroxylation is 2. The van der Waals surface area contributed by atoms with Gasteiger partial charge in [0.05, 0.1) is 17.5 Å². The Morgan fingerprint density at radius 3 is 2.50 bits per heavy atom. The molecule has 0 unspecified atom stereocenters. The second-order valence-electron chi connectivity index (χ2n) is 6.42. The first kappa shape index (κ1) is 14.5. The van der Waals surface area contributed by atoms with Crippen LogP contribution in [0.25, 0.3) is 11.1 Å². The molecule has 0 aliphatic heterocycles. The van der Waals surface area contributed by atoms with Crippen molar-refractivity contribution in [2.24, 2.45) is 5.41 Å². The number of carboxylic acid groups (broad SMARTS) is 1. The second-order valence-corrected chi connectivity index (χ2v) is 6.42. The summed E-state index contributed by atoms with van der Waals surface area (Å²) < 4.78 is 5.31. The molecule has 0 aliphatic rings. The number of hydrogen-bond acceptors (Lipinski definition) is 4. The molecule has 0 amide bonds. The maximum absolute atomic E-state index is 11.0. The van der Waals surface area contributed by atoms with Gasteiger partial charge < -0.3 is 9.63 Å². The molecule has 0 saturated heterocycles. The minimum absolute atomic E-state index is 0.0270. The predicted octanol–water partition coefficient (Wildman–Crippen LogP) is 3.06. The minimum atomic E-state index is -0.855. The number of fused-ring (bicyclic) bond motifs is 1. The van der Waals surface area contributed by atoms with Crippen LogP contribution in [0.2, 0.25) is 0 Å². The van der Waals surface area contributed by atoms with Crippen molar-refractivity contribution in [1.82, 2.24) is 10.1 Å². The third-order valence-electron chi connectivity index (χ3n) is 3.30. The molecule has 108 valence electrons. The van der Waals surface area contributed by atoms with E-state index in [0.29, 0.717) is 11.4 Å². The van der Waals surface area contributed by atoms with Gasteiger partial charge in [-0.25, -0.2) is 4.98 Å². The second kappa shape index (κ2) is 4.89. The zero-order chi connectivity index (χ0) is 15.1. The van der Waals surface area contributed by atoms with Crippen LogP contribution in [-0.4, -0.2) is 21.2 Å². The van der Waals surface area contributed by atoms with Gasteiger partial charge in [0.2, 0.25) is 0 Å². The smallest absolute Gasteiger partial charge is 0.307 e. The Balaban J connectivity index is 2.62. The zero-order valence-corrected chi connectivity index (χ0v) is 12.6. The fourth-order valence-corrected chi connectivity index (χ4v) is 2.44. The van der Waals surface area contributed by atoms with Crippen LogP contribution >= 0.6 is 0 Å². The van der Waals surface area contributed by atoms with E-state index in [9.17, 15) is 4.79 Å². The van der Waals surface area contributed by atoms with E-state index in [4.69, 9.17) is 9.63 Å². The number of hydrogen-bond donors (Lipinski definition) is 1. The molecule has 0 spiro atoms. The van der Waals surface area contributed by atoms with E-state index in [-0.39, 0.29) is 11.8 Å². The number of nitrogens with zero attached hydrogens (tertiary/aromatic N) is 2. The molecule has 5 heteroatoms. The molecular formula is C15H20N2O3. The Hall–Kier alpha value is -1.91. The van der Waals surface area contributed by atoms with Gasteiger partial charge in [-0.2, -0.15) is 0 Å². The lowest BCUT2D eigenvalue weighted by Gasteiger charge is -2.16. The molecule has 1 N–H and O–H groups in total. The van der Waals surface area contributed by atoms with Crippen LogP contribution in [0, 0.1) is 19.3 Å². The lowest BCUT2D eigenvalue weighted by Crippen LogP contribution is -2.11. The first-order valence-electron chi connectivity index (χ1n) is 6.65. The van der Waals surface area contributed by atoms with E-state index in [0.717, 1.165) is 28.6 Å². The molecule has 0 aliphatic carbocycles. The fraction of sp³-hybridized carbons (Fsp3) is 0.533. The Kier molecular flexibility index (Phi) is 3.54. The maximum atomic E-state index is 11.0. The van der Waals surface area contributed by atoms with E-state index >= 15 is 0 Å². The molecule has 2 rings (SSSR count). The lowest BCUT2D eigenvalue weighted by molar-refractivity contribution is -0.136. The molecule has 0 atom stereocenters. The molecule has 5 nitrogen and oxygen atoms in total. The van der Waals surface area contributed by atoms with E-state index < -0.39 is 5.97 Å². The monoisotopic (exact) mass is 276 g/mol. The van der Waals surface area contributed by atoms with Crippen molar-refractivity contribution in [3.8, 4) is 0 Å². The predicted molar refractivity (Wildman–Crippen MR) is 75.8 cm³/mol. The summed E-state index contributed by atoms with van der Waals surface area (Å²) in [6.07, 6.45) is 0.735. The van der Waals surface area contributed by atoms with Crippen LogP contribution in [-0.2, 0) is 17.6 Å². The van der Waals surface area contributed by atoms with Gasteiger partial charge in [-0.05, 0) is 36.8 Å². The first-order chi connectivity index (χ1) is 9.19. The topological polar surface area (TPSA) is 76.2 Å². The average Bonchev–Trinajstić information content (AvgIpc) is 2.64. The summed E-state index contributed by atoms with van der Waals surface area (Å²) >= 11 is 0. The maximum Gasteiger partial charge on any atom is 0.307 e. The van der Waals surface area contributed by atoms with Gasteiger partial charge in [-0.15, -0.1) is 0 Å². The highest BCUT2D eigenvalue weighted by atomic mass is 16.5. The van der Waals surface area contributed by atoms with Gasteiger partial charge in [-0.1, -0.05) is 25.9 Å². The van der Waals surface area contributed by atoms with Gasteiger partial charge in [0.1, 0.15) is 0 Å². The van der Waals surface area contributed by atoms with Crippen LogP contribution in [0.5, 0.6) is 0 Å². The van der Waals surface area contributed by atoms with Gasteiger partial charge in [0.25, 0.3) is 5.71 Å². The van der Waals surface area contributed by atoms with Crippen LogP contribution in [0.15, 0.2) is 4.52 Å². The molecule has 0 radical (unpaired) electrons. The number of carbonyl (C=O) groups is 1. The van der Waals surface area contributed by atoms with Crippen LogP contribution < -0.4 is 0 Å². The van der Waals surface area contributed by atoms with E-state index in [1.807, 2.05) is 6.92 Å². The van der Waals surface area contributed by atoms with Crippen molar-refractivity contribution in [3.05, 3.63) is 22.5 Å². The van der Waals surface area contributed by atoms with Crippen molar-refractivity contribution < 1.29 is 14.4 Å². The van der Waals surface area contributed by atoms with E-state index in [1.54, 1.807) is 6.92 Å². The van der Waals surface area contributed by atoms with Crippen LogP contribution in [0.1, 0.15) is 43.3 Å². The highest BCUT2D eigenvalue weighted by Gasteiger charge is 2.22. The van der Waals surface area contributed by atoms with Gasteiger partial charge >= 0.3 is 5.97 Å². The fourth-order valence-electron chi connectivity index (χ4n) is 2.44. The van der Waals surface area contributed by atoms with Gasteiger partial charge in [0.15, 0.2) is 0 Å².